The standard InChI is InChI=1S/C31H54N2/c1-17-13-23-19(3)21-9-7-11-32-27(21)15-25(23)29(17)31(5,6)30-18(2)14-24-20(4)22-10-8-12-33-28(22)16-26(24)30/h17-30,32-33H,7-16H2,1-6H3. The molecule has 6 aliphatic rings. The zero-order chi connectivity index (χ0) is 23.1. The average Bonchev–Trinajstić information content (AvgIpc) is 3.31. The third-order valence-corrected chi connectivity index (χ3v) is 13.3. The summed E-state index contributed by atoms with van der Waals surface area (Å²) in [5.41, 5.74) is 0.472. The first kappa shape index (κ1) is 23.3. The van der Waals surface area contributed by atoms with Crippen LogP contribution in [-0.2, 0) is 0 Å². The molecule has 2 heteroatoms. The summed E-state index contributed by atoms with van der Waals surface area (Å²) in [6, 6.07) is 1.63. The molecule has 4 saturated carbocycles. The first-order chi connectivity index (χ1) is 15.8. The Morgan fingerprint density at radius 1 is 0.545 bits per heavy atom. The molecule has 0 bridgehead atoms. The van der Waals surface area contributed by atoms with Crippen LogP contribution in [0.25, 0.3) is 0 Å². The van der Waals surface area contributed by atoms with Crippen molar-refractivity contribution in [2.75, 3.05) is 13.1 Å². The second-order valence-electron chi connectivity index (χ2n) is 14.9. The minimum Gasteiger partial charge on any atom is -0.314 e. The van der Waals surface area contributed by atoms with E-state index in [1.54, 1.807) is 0 Å². The smallest absolute Gasteiger partial charge is 0.0101 e. The van der Waals surface area contributed by atoms with Crippen molar-refractivity contribution in [2.45, 2.75) is 105 Å². The van der Waals surface area contributed by atoms with Gasteiger partial charge in [0.1, 0.15) is 0 Å². The molecule has 6 fully saturated rings. The number of rotatable bonds is 2. The Hall–Kier alpha value is -0.0800. The first-order valence-corrected chi connectivity index (χ1v) is 15.3. The van der Waals surface area contributed by atoms with Crippen LogP contribution in [0.2, 0.25) is 0 Å². The van der Waals surface area contributed by atoms with E-state index in [2.05, 4.69) is 52.2 Å². The van der Waals surface area contributed by atoms with E-state index in [1.807, 2.05) is 0 Å². The van der Waals surface area contributed by atoms with Crippen LogP contribution in [-0.4, -0.2) is 25.2 Å². The van der Waals surface area contributed by atoms with Crippen LogP contribution in [0.1, 0.15) is 92.9 Å². The summed E-state index contributed by atoms with van der Waals surface area (Å²) in [6.07, 6.45) is 11.8. The van der Waals surface area contributed by atoms with Crippen molar-refractivity contribution >= 4 is 0 Å². The van der Waals surface area contributed by atoms with Gasteiger partial charge in [-0.05, 0) is 141 Å². The SMILES string of the molecule is CC1CC2C(C)C3CCCNC3CC2C1C(C)(C)C1C(C)CC2C(C)C3CCCNC3CC21. The first-order valence-electron chi connectivity index (χ1n) is 15.3. The lowest BCUT2D eigenvalue weighted by molar-refractivity contribution is -0.0423. The summed E-state index contributed by atoms with van der Waals surface area (Å²) in [6.45, 7) is 18.7. The van der Waals surface area contributed by atoms with E-state index in [0.717, 1.165) is 83.1 Å². The minimum atomic E-state index is 0.472. The van der Waals surface area contributed by atoms with E-state index in [1.165, 1.54) is 64.5 Å². The van der Waals surface area contributed by atoms with E-state index >= 15 is 0 Å². The van der Waals surface area contributed by atoms with E-state index < -0.39 is 0 Å². The van der Waals surface area contributed by atoms with E-state index in [4.69, 9.17) is 0 Å². The van der Waals surface area contributed by atoms with Crippen LogP contribution in [0.4, 0.5) is 0 Å². The molecule has 0 aromatic carbocycles. The molecular formula is C31H54N2. The van der Waals surface area contributed by atoms with Gasteiger partial charge in [-0.2, -0.15) is 0 Å². The Bertz CT molecular complexity index is 658. The lowest BCUT2D eigenvalue weighted by atomic mass is 9.53. The predicted octanol–water partition coefficient (Wildman–Crippen LogP) is 6.61. The van der Waals surface area contributed by atoms with Crippen LogP contribution < -0.4 is 10.6 Å². The summed E-state index contributed by atoms with van der Waals surface area (Å²) in [5, 5.41) is 8.01. The van der Waals surface area contributed by atoms with Crippen LogP contribution in [0.15, 0.2) is 0 Å². The van der Waals surface area contributed by atoms with Crippen molar-refractivity contribution < 1.29 is 0 Å². The van der Waals surface area contributed by atoms with Gasteiger partial charge >= 0.3 is 0 Å². The van der Waals surface area contributed by atoms with E-state index in [-0.39, 0.29) is 0 Å². The Morgan fingerprint density at radius 3 is 1.39 bits per heavy atom. The number of piperidine rings is 2. The highest BCUT2D eigenvalue weighted by Crippen LogP contribution is 2.66. The predicted molar refractivity (Wildman–Crippen MR) is 139 cm³/mol. The summed E-state index contributed by atoms with van der Waals surface area (Å²) in [4.78, 5) is 0. The summed E-state index contributed by atoms with van der Waals surface area (Å²) < 4.78 is 0. The van der Waals surface area contributed by atoms with E-state index in [9.17, 15) is 0 Å². The fraction of sp³-hybridized carbons (Fsp3) is 1.00. The molecule has 2 nitrogen and oxygen atoms in total. The van der Waals surface area contributed by atoms with Gasteiger partial charge in [-0.15, -0.1) is 0 Å². The average molecular weight is 455 g/mol. The minimum absolute atomic E-state index is 0.472. The quantitative estimate of drug-likeness (QED) is 0.491. The Labute approximate surface area is 205 Å². The van der Waals surface area contributed by atoms with Gasteiger partial charge in [0, 0.05) is 12.1 Å². The third-order valence-electron chi connectivity index (χ3n) is 13.3. The number of hydrogen-bond donors (Lipinski definition) is 2. The Balaban J connectivity index is 1.28. The van der Waals surface area contributed by atoms with Gasteiger partial charge in [-0.1, -0.05) is 41.5 Å². The maximum atomic E-state index is 4.00. The molecule has 0 radical (unpaired) electrons. The number of fused-ring (bicyclic) bond motifs is 4. The van der Waals surface area contributed by atoms with Crippen LogP contribution in [0.5, 0.6) is 0 Å². The van der Waals surface area contributed by atoms with Gasteiger partial charge < -0.3 is 10.6 Å². The molecule has 14 atom stereocenters. The normalized spacial score (nSPS) is 56.5. The van der Waals surface area contributed by atoms with Gasteiger partial charge in [-0.25, -0.2) is 0 Å². The second-order valence-corrected chi connectivity index (χ2v) is 14.9. The van der Waals surface area contributed by atoms with Crippen molar-refractivity contribution in [3.05, 3.63) is 0 Å². The molecule has 2 saturated heterocycles. The summed E-state index contributed by atoms with van der Waals surface area (Å²) in [5.74, 6) is 11.3. The van der Waals surface area contributed by atoms with Gasteiger partial charge in [-0.3, -0.25) is 0 Å². The lowest BCUT2D eigenvalue weighted by Gasteiger charge is -2.54. The Morgan fingerprint density at radius 2 is 0.970 bits per heavy atom. The molecule has 2 heterocycles. The molecule has 33 heavy (non-hydrogen) atoms. The molecule has 0 amide bonds. The number of hydrogen-bond acceptors (Lipinski definition) is 2. The second kappa shape index (κ2) is 8.50. The zero-order valence-electron chi connectivity index (χ0n) is 22.7. The van der Waals surface area contributed by atoms with Crippen LogP contribution in [0, 0.1) is 76.4 Å². The zero-order valence-corrected chi connectivity index (χ0v) is 22.7. The molecule has 2 N–H and O–H groups in total. The van der Waals surface area contributed by atoms with Gasteiger partial charge in [0.15, 0.2) is 0 Å². The van der Waals surface area contributed by atoms with Crippen molar-refractivity contribution in [1.82, 2.24) is 10.6 Å². The molecule has 2 aliphatic heterocycles. The molecule has 6 rings (SSSR count). The van der Waals surface area contributed by atoms with Gasteiger partial charge in [0.05, 0.1) is 0 Å². The third kappa shape index (κ3) is 3.53. The molecule has 0 spiro atoms. The van der Waals surface area contributed by atoms with Crippen molar-refractivity contribution in [3.63, 3.8) is 0 Å². The molecule has 0 aromatic heterocycles. The van der Waals surface area contributed by atoms with Crippen molar-refractivity contribution in [2.24, 2.45) is 76.4 Å². The summed E-state index contributed by atoms with van der Waals surface area (Å²) in [7, 11) is 0. The van der Waals surface area contributed by atoms with E-state index in [0.29, 0.717) is 5.41 Å². The molecule has 4 aliphatic carbocycles. The topological polar surface area (TPSA) is 24.1 Å². The molecule has 188 valence electrons. The lowest BCUT2D eigenvalue weighted by Crippen LogP contribution is -2.54. The largest absolute Gasteiger partial charge is 0.314 e. The van der Waals surface area contributed by atoms with Crippen LogP contribution in [0.3, 0.4) is 0 Å². The van der Waals surface area contributed by atoms with Crippen LogP contribution >= 0.6 is 0 Å². The Kier molecular flexibility index (Phi) is 6.01. The van der Waals surface area contributed by atoms with Crippen molar-refractivity contribution in [1.29, 1.82) is 0 Å². The molecule has 14 unspecified atom stereocenters. The molecular weight excluding hydrogens is 400 g/mol. The maximum Gasteiger partial charge on any atom is 0.0101 e. The highest BCUT2D eigenvalue weighted by Gasteiger charge is 2.61. The molecule has 0 aromatic rings. The maximum absolute atomic E-state index is 4.00. The fourth-order valence-electron chi connectivity index (χ4n) is 12.5. The summed E-state index contributed by atoms with van der Waals surface area (Å²) >= 11 is 0. The van der Waals surface area contributed by atoms with Gasteiger partial charge in [0.25, 0.3) is 0 Å². The highest BCUT2D eigenvalue weighted by molar-refractivity contribution is 5.10. The van der Waals surface area contributed by atoms with Crippen molar-refractivity contribution in [3.8, 4) is 0 Å². The highest BCUT2D eigenvalue weighted by atomic mass is 15.0. The monoisotopic (exact) mass is 454 g/mol. The number of nitrogens with one attached hydrogen (secondary N) is 2. The fourth-order valence-corrected chi connectivity index (χ4v) is 12.5. The van der Waals surface area contributed by atoms with Gasteiger partial charge in [0.2, 0.25) is 0 Å².